The van der Waals surface area contributed by atoms with Gasteiger partial charge in [-0.3, -0.25) is 14.5 Å². The van der Waals surface area contributed by atoms with Crippen molar-refractivity contribution >= 4 is 11.7 Å². The Hall–Kier alpha value is -0.940. The Kier molecular flexibility index (Phi) is 6.29. The van der Waals surface area contributed by atoms with Crippen molar-refractivity contribution in [1.29, 1.82) is 0 Å². The number of hydrogen-bond donors (Lipinski definition) is 2. The molecule has 0 atom stereocenters. The molecule has 2 N–H and O–H groups in total. The van der Waals surface area contributed by atoms with Gasteiger partial charge in [0, 0.05) is 18.5 Å². The lowest BCUT2D eigenvalue weighted by molar-refractivity contribution is -0.129. The molecule has 104 valence electrons. The van der Waals surface area contributed by atoms with E-state index in [0.29, 0.717) is 6.67 Å². The third-order valence-electron chi connectivity index (χ3n) is 3.62. The molecule has 0 aromatic carbocycles. The zero-order chi connectivity index (χ0) is 13.5. The topological polar surface area (TPSA) is 61.4 Å². The highest BCUT2D eigenvalue weighted by Gasteiger charge is 2.28. The van der Waals surface area contributed by atoms with Crippen LogP contribution in [0.1, 0.15) is 32.6 Å². The molecule has 0 bridgehead atoms. The van der Waals surface area contributed by atoms with Crippen LogP contribution in [0.3, 0.4) is 0 Å². The van der Waals surface area contributed by atoms with Crippen molar-refractivity contribution in [2.75, 3.05) is 27.4 Å². The van der Waals surface area contributed by atoms with E-state index < -0.39 is 0 Å². The fourth-order valence-electron chi connectivity index (χ4n) is 2.45. The monoisotopic (exact) mass is 255 g/mol. The number of nitrogens with one attached hydrogen (secondary N) is 2. The quantitative estimate of drug-likeness (QED) is 0.681. The first kappa shape index (κ1) is 15.1. The lowest BCUT2D eigenvalue weighted by Gasteiger charge is -2.27. The molecule has 0 aromatic heterocycles. The van der Waals surface area contributed by atoms with Crippen molar-refractivity contribution in [3.63, 3.8) is 0 Å². The van der Waals surface area contributed by atoms with E-state index in [2.05, 4.69) is 10.6 Å². The standard InChI is InChI=1S/C13H25N3O2/c1-10(17)11-4-6-12(7-5-11)13(18)15-9-16(3)8-14-2/h11-12,14H,4-9H2,1-3H3,(H,15,18). The van der Waals surface area contributed by atoms with Crippen molar-refractivity contribution in [1.82, 2.24) is 15.5 Å². The minimum atomic E-state index is 0.0867. The smallest absolute Gasteiger partial charge is 0.224 e. The highest BCUT2D eigenvalue weighted by atomic mass is 16.2. The van der Waals surface area contributed by atoms with Gasteiger partial charge in [-0.05, 0) is 46.7 Å². The van der Waals surface area contributed by atoms with Crippen molar-refractivity contribution in [3.8, 4) is 0 Å². The van der Waals surface area contributed by atoms with Gasteiger partial charge >= 0.3 is 0 Å². The molecule has 0 spiro atoms. The molecule has 5 heteroatoms. The largest absolute Gasteiger partial charge is 0.343 e. The predicted molar refractivity (Wildman–Crippen MR) is 70.8 cm³/mol. The summed E-state index contributed by atoms with van der Waals surface area (Å²) in [6, 6.07) is 0. The number of nitrogens with zero attached hydrogens (tertiary/aromatic N) is 1. The number of ketones is 1. The fourth-order valence-corrected chi connectivity index (χ4v) is 2.45. The van der Waals surface area contributed by atoms with E-state index in [1.807, 2.05) is 19.0 Å². The number of amides is 1. The van der Waals surface area contributed by atoms with Gasteiger partial charge in [-0.1, -0.05) is 0 Å². The Bertz CT molecular complexity index is 286. The van der Waals surface area contributed by atoms with Crippen molar-refractivity contribution < 1.29 is 9.59 Å². The molecule has 1 aliphatic carbocycles. The minimum Gasteiger partial charge on any atom is -0.343 e. The summed E-state index contributed by atoms with van der Waals surface area (Å²) in [5.74, 6) is 0.659. The maximum absolute atomic E-state index is 11.9. The van der Waals surface area contributed by atoms with Crippen molar-refractivity contribution in [2.24, 2.45) is 11.8 Å². The molecule has 0 heterocycles. The van der Waals surface area contributed by atoms with E-state index in [1.165, 1.54) is 0 Å². The number of hydrogen-bond acceptors (Lipinski definition) is 4. The van der Waals surface area contributed by atoms with E-state index >= 15 is 0 Å². The molecule has 0 unspecified atom stereocenters. The Morgan fingerprint density at radius 2 is 1.67 bits per heavy atom. The van der Waals surface area contributed by atoms with Gasteiger partial charge in [0.25, 0.3) is 0 Å². The Balaban J connectivity index is 2.25. The van der Waals surface area contributed by atoms with Crippen LogP contribution < -0.4 is 10.6 Å². The molecule has 1 saturated carbocycles. The zero-order valence-electron chi connectivity index (χ0n) is 11.7. The van der Waals surface area contributed by atoms with Gasteiger partial charge in [0.05, 0.1) is 6.67 Å². The third kappa shape index (κ3) is 4.74. The molecule has 0 aromatic rings. The van der Waals surface area contributed by atoms with Gasteiger partial charge in [0.15, 0.2) is 0 Å². The molecule has 0 aliphatic heterocycles. The second-order valence-electron chi connectivity index (χ2n) is 5.23. The number of rotatable bonds is 6. The van der Waals surface area contributed by atoms with Crippen LogP contribution >= 0.6 is 0 Å². The average Bonchev–Trinajstić information content (AvgIpc) is 2.36. The molecule has 5 nitrogen and oxygen atoms in total. The molecule has 1 aliphatic rings. The molecule has 0 radical (unpaired) electrons. The van der Waals surface area contributed by atoms with Crippen LogP contribution in [0, 0.1) is 11.8 Å². The third-order valence-corrected chi connectivity index (χ3v) is 3.62. The number of carbonyl (C=O) groups excluding carboxylic acids is 2. The minimum absolute atomic E-state index is 0.0867. The van der Waals surface area contributed by atoms with Crippen LogP contribution in [0.15, 0.2) is 0 Å². The first-order valence-corrected chi connectivity index (χ1v) is 6.66. The summed E-state index contributed by atoms with van der Waals surface area (Å²) >= 11 is 0. The summed E-state index contributed by atoms with van der Waals surface area (Å²) in [6.07, 6.45) is 3.40. The van der Waals surface area contributed by atoms with Crippen LogP contribution in [0.2, 0.25) is 0 Å². The molecular formula is C13H25N3O2. The van der Waals surface area contributed by atoms with Gasteiger partial charge in [-0.25, -0.2) is 0 Å². The molecular weight excluding hydrogens is 230 g/mol. The Morgan fingerprint density at radius 3 is 2.17 bits per heavy atom. The second kappa shape index (κ2) is 7.48. The number of Topliss-reactive ketones (excluding diaryl/α,β-unsaturated/α-hetero) is 1. The summed E-state index contributed by atoms with van der Waals surface area (Å²) < 4.78 is 0. The maximum atomic E-state index is 11.9. The van der Waals surface area contributed by atoms with E-state index in [-0.39, 0.29) is 23.5 Å². The van der Waals surface area contributed by atoms with Crippen LogP contribution in [0.5, 0.6) is 0 Å². The lowest BCUT2D eigenvalue weighted by Crippen LogP contribution is -2.42. The van der Waals surface area contributed by atoms with Gasteiger partial charge < -0.3 is 10.6 Å². The van der Waals surface area contributed by atoms with Crippen LogP contribution in [-0.2, 0) is 9.59 Å². The summed E-state index contributed by atoms with van der Waals surface area (Å²) in [4.78, 5) is 25.2. The Morgan fingerprint density at radius 1 is 1.11 bits per heavy atom. The normalized spacial score (nSPS) is 24.0. The van der Waals surface area contributed by atoms with Crippen molar-refractivity contribution in [2.45, 2.75) is 32.6 Å². The maximum Gasteiger partial charge on any atom is 0.224 e. The molecule has 0 saturated heterocycles. The van der Waals surface area contributed by atoms with Crippen LogP contribution in [0.25, 0.3) is 0 Å². The highest BCUT2D eigenvalue weighted by Crippen LogP contribution is 2.29. The molecule has 1 amide bonds. The molecule has 1 fully saturated rings. The van der Waals surface area contributed by atoms with Crippen molar-refractivity contribution in [3.05, 3.63) is 0 Å². The molecule has 1 rings (SSSR count). The van der Waals surface area contributed by atoms with E-state index in [4.69, 9.17) is 0 Å². The predicted octanol–water partition coefficient (Wildman–Crippen LogP) is 0.564. The molecule has 18 heavy (non-hydrogen) atoms. The summed E-state index contributed by atoms with van der Waals surface area (Å²) in [7, 11) is 3.82. The average molecular weight is 255 g/mol. The fraction of sp³-hybridized carbons (Fsp3) is 0.846. The lowest BCUT2D eigenvalue weighted by atomic mass is 9.80. The van der Waals surface area contributed by atoms with E-state index in [1.54, 1.807) is 6.92 Å². The SMILES string of the molecule is CNCN(C)CNC(=O)C1CCC(C(C)=O)CC1. The van der Waals surface area contributed by atoms with Gasteiger partial charge in [-0.2, -0.15) is 0 Å². The highest BCUT2D eigenvalue weighted by molar-refractivity contribution is 5.80. The summed E-state index contributed by atoms with van der Waals surface area (Å²) in [5, 5.41) is 5.97. The van der Waals surface area contributed by atoms with Crippen LogP contribution in [0.4, 0.5) is 0 Å². The number of carbonyl (C=O) groups is 2. The van der Waals surface area contributed by atoms with E-state index in [9.17, 15) is 9.59 Å². The summed E-state index contributed by atoms with van der Waals surface area (Å²) in [5.41, 5.74) is 0. The van der Waals surface area contributed by atoms with E-state index in [0.717, 1.165) is 32.4 Å². The Labute approximate surface area is 109 Å². The van der Waals surface area contributed by atoms with Gasteiger partial charge in [-0.15, -0.1) is 0 Å². The zero-order valence-corrected chi connectivity index (χ0v) is 11.7. The first-order chi connectivity index (χ1) is 8.54. The summed E-state index contributed by atoms with van der Waals surface area (Å²) in [6.45, 7) is 2.96. The van der Waals surface area contributed by atoms with Crippen LogP contribution in [-0.4, -0.2) is 44.0 Å². The van der Waals surface area contributed by atoms with Gasteiger partial charge in [0.1, 0.15) is 5.78 Å². The second-order valence-corrected chi connectivity index (χ2v) is 5.23. The van der Waals surface area contributed by atoms with Gasteiger partial charge in [0.2, 0.25) is 5.91 Å². The first-order valence-electron chi connectivity index (χ1n) is 6.66.